The van der Waals surface area contributed by atoms with Gasteiger partial charge in [-0.2, -0.15) is 0 Å². The third kappa shape index (κ3) is 3.12. The van der Waals surface area contributed by atoms with Gasteiger partial charge in [0.25, 0.3) is 5.91 Å². The van der Waals surface area contributed by atoms with Crippen LogP contribution >= 0.6 is 15.9 Å². The Kier molecular flexibility index (Phi) is 4.68. The molecule has 1 aromatic rings. The topological polar surface area (TPSA) is 52.7 Å². The highest BCUT2D eigenvalue weighted by molar-refractivity contribution is 9.10. The second-order valence-corrected chi connectivity index (χ2v) is 8.32. The molecule has 0 spiro atoms. The van der Waals surface area contributed by atoms with E-state index in [4.69, 9.17) is 0 Å². The smallest absolute Gasteiger partial charge is 0.252 e. The molecule has 7 heteroatoms. The molecule has 142 valence electrons. The second kappa shape index (κ2) is 6.87. The molecule has 0 saturated carbocycles. The maximum atomic E-state index is 13.8. The SMILES string of the molecule is CN(C)CCN1CC2=C(C1=O)C(c1ccc(F)c(Br)c1)C1=C(CCC1=O)N2. The zero-order valence-corrected chi connectivity index (χ0v) is 16.9. The summed E-state index contributed by atoms with van der Waals surface area (Å²) in [6, 6.07) is 4.74. The van der Waals surface area contributed by atoms with Crippen LogP contribution in [0.5, 0.6) is 0 Å². The number of amides is 1. The molecule has 4 rings (SSSR count). The average molecular weight is 434 g/mol. The zero-order valence-electron chi connectivity index (χ0n) is 15.3. The Labute approximate surface area is 166 Å². The fourth-order valence-corrected chi connectivity index (χ4v) is 4.44. The van der Waals surface area contributed by atoms with E-state index >= 15 is 0 Å². The number of hydrogen-bond acceptors (Lipinski definition) is 4. The minimum absolute atomic E-state index is 0.0453. The van der Waals surface area contributed by atoms with Crippen LogP contribution in [0, 0.1) is 5.82 Å². The van der Waals surface area contributed by atoms with Crippen molar-refractivity contribution in [1.29, 1.82) is 0 Å². The third-order valence-electron chi connectivity index (χ3n) is 5.39. The summed E-state index contributed by atoms with van der Waals surface area (Å²) in [6.07, 6.45) is 1.12. The average Bonchev–Trinajstić information content (AvgIpc) is 3.14. The van der Waals surface area contributed by atoms with Gasteiger partial charge in [-0.05, 0) is 54.1 Å². The van der Waals surface area contributed by atoms with E-state index in [9.17, 15) is 14.0 Å². The van der Waals surface area contributed by atoms with Crippen molar-refractivity contribution in [1.82, 2.24) is 15.1 Å². The maximum Gasteiger partial charge on any atom is 0.252 e. The Morgan fingerprint density at radius 2 is 2.00 bits per heavy atom. The molecule has 0 bridgehead atoms. The molecule has 3 aliphatic rings. The van der Waals surface area contributed by atoms with Crippen LogP contribution in [0.1, 0.15) is 24.3 Å². The Bertz CT molecular complexity index is 906. The van der Waals surface area contributed by atoms with Crippen molar-refractivity contribution in [3.63, 3.8) is 0 Å². The van der Waals surface area contributed by atoms with Crippen LogP contribution in [0.15, 0.2) is 45.2 Å². The molecule has 1 atom stereocenters. The van der Waals surface area contributed by atoms with Gasteiger partial charge in [-0.3, -0.25) is 9.59 Å². The molecule has 1 aliphatic carbocycles. The molecule has 1 N–H and O–H groups in total. The normalized spacial score (nSPS) is 22.0. The fourth-order valence-electron chi connectivity index (χ4n) is 4.05. The first kappa shape index (κ1) is 18.4. The Balaban J connectivity index is 1.75. The molecule has 0 fully saturated rings. The first-order valence-electron chi connectivity index (χ1n) is 9.02. The number of allylic oxidation sites excluding steroid dienone is 2. The first-order chi connectivity index (χ1) is 12.9. The lowest BCUT2D eigenvalue weighted by Crippen LogP contribution is -2.35. The summed E-state index contributed by atoms with van der Waals surface area (Å²) < 4.78 is 14.1. The number of dihydropyridines is 1. The second-order valence-electron chi connectivity index (χ2n) is 7.47. The van der Waals surface area contributed by atoms with Crippen molar-refractivity contribution in [2.75, 3.05) is 33.7 Å². The number of nitrogens with one attached hydrogen (secondary N) is 1. The van der Waals surface area contributed by atoms with Crippen LogP contribution in [0.25, 0.3) is 0 Å². The quantitative estimate of drug-likeness (QED) is 0.792. The van der Waals surface area contributed by atoms with E-state index in [1.165, 1.54) is 6.07 Å². The number of halogens is 2. The first-order valence-corrected chi connectivity index (χ1v) is 9.81. The van der Waals surface area contributed by atoms with Gasteiger partial charge in [0, 0.05) is 42.4 Å². The number of Topliss-reactive ketones (excluding diaryl/α,β-unsaturated/α-hetero) is 1. The number of hydrogen-bond donors (Lipinski definition) is 1. The number of likely N-dealkylation sites (N-methyl/N-ethyl adjacent to an activating group) is 1. The third-order valence-corrected chi connectivity index (χ3v) is 6.00. The van der Waals surface area contributed by atoms with Crippen LogP contribution < -0.4 is 5.32 Å². The van der Waals surface area contributed by atoms with Gasteiger partial charge >= 0.3 is 0 Å². The van der Waals surface area contributed by atoms with Gasteiger partial charge in [-0.25, -0.2) is 4.39 Å². The lowest BCUT2D eigenvalue weighted by atomic mass is 9.81. The Morgan fingerprint density at radius 1 is 1.22 bits per heavy atom. The Morgan fingerprint density at radius 3 is 2.70 bits per heavy atom. The maximum absolute atomic E-state index is 13.8. The van der Waals surface area contributed by atoms with E-state index in [1.54, 1.807) is 12.1 Å². The largest absolute Gasteiger partial charge is 0.360 e. The molecule has 1 amide bonds. The number of nitrogens with zero attached hydrogens (tertiary/aromatic N) is 2. The highest BCUT2D eigenvalue weighted by atomic mass is 79.9. The molecule has 2 aliphatic heterocycles. The molecule has 1 aromatic carbocycles. The summed E-state index contributed by atoms with van der Waals surface area (Å²) in [5.74, 6) is -0.774. The fraction of sp³-hybridized carbons (Fsp3) is 0.400. The van der Waals surface area contributed by atoms with E-state index in [0.29, 0.717) is 41.6 Å². The summed E-state index contributed by atoms with van der Waals surface area (Å²) in [5, 5.41) is 3.36. The predicted octanol–water partition coefficient (Wildman–Crippen LogP) is 2.55. The van der Waals surface area contributed by atoms with E-state index in [-0.39, 0.29) is 17.5 Å². The molecule has 0 saturated heterocycles. The summed E-state index contributed by atoms with van der Waals surface area (Å²) in [7, 11) is 3.94. The van der Waals surface area contributed by atoms with E-state index < -0.39 is 5.92 Å². The van der Waals surface area contributed by atoms with Crippen molar-refractivity contribution in [2.45, 2.75) is 18.8 Å². The van der Waals surface area contributed by atoms with Gasteiger partial charge in [-0.1, -0.05) is 6.07 Å². The molecule has 27 heavy (non-hydrogen) atoms. The number of rotatable bonds is 4. The molecule has 1 unspecified atom stereocenters. The van der Waals surface area contributed by atoms with E-state index in [0.717, 1.165) is 23.5 Å². The van der Waals surface area contributed by atoms with Gasteiger partial charge in [0.2, 0.25) is 0 Å². The van der Waals surface area contributed by atoms with Gasteiger partial charge in [0.05, 0.1) is 16.6 Å². The van der Waals surface area contributed by atoms with Gasteiger partial charge in [-0.15, -0.1) is 0 Å². The van der Waals surface area contributed by atoms with Crippen LogP contribution in [0.2, 0.25) is 0 Å². The number of ketones is 1. The number of carbonyl (C=O) groups is 2. The molecular weight excluding hydrogens is 413 g/mol. The van der Waals surface area contributed by atoms with Gasteiger partial charge in [0.1, 0.15) is 5.82 Å². The number of benzene rings is 1. The minimum atomic E-state index is -0.431. The van der Waals surface area contributed by atoms with Crippen molar-refractivity contribution >= 4 is 27.6 Å². The lowest BCUT2D eigenvalue weighted by molar-refractivity contribution is -0.125. The van der Waals surface area contributed by atoms with Crippen LogP contribution in [0.3, 0.4) is 0 Å². The molecule has 0 aromatic heterocycles. The lowest BCUT2D eigenvalue weighted by Gasteiger charge is -2.27. The molecule has 5 nitrogen and oxygen atoms in total. The summed E-state index contributed by atoms with van der Waals surface area (Å²) in [4.78, 5) is 29.6. The van der Waals surface area contributed by atoms with Crippen LogP contribution in [-0.2, 0) is 9.59 Å². The highest BCUT2D eigenvalue weighted by Gasteiger charge is 2.45. The number of carbonyl (C=O) groups excluding carboxylic acids is 2. The Hall–Kier alpha value is -1.99. The zero-order chi connectivity index (χ0) is 19.3. The standard InChI is InChI=1S/C20H21BrFN3O2/c1-24(2)7-8-25-10-15-19(20(25)27)17(11-3-4-13(22)12(21)9-11)18-14(23-15)5-6-16(18)26/h3-4,9,17,23H,5-8,10H2,1-2H3. The summed E-state index contributed by atoms with van der Waals surface area (Å²) >= 11 is 3.23. The van der Waals surface area contributed by atoms with E-state index in [2.05, 4.69) is 21.2 Å². The molecular formula is C20H21BrFN3O2. The monoisotopic (exact) mass is 433 g/mol. The van der Waals surface area contributed by atoms with Crippen molar-refractivity contribution in [3.8, 4) is 0 Å². The van der Waals surface area contributed by atoms with Crippen LogP contribution in [-0.4, -0.2) is 55.2 Å². The van der Waals surface area contributed by atoms with E-state index in [1.807, 2.05) is 23.9 Å². The molecule has 0 radical (unpaired) electrons. The van der Waals surface area contributed by atoms with Crippen molar-refractivity contribution < 1.29 is 14.0 Å². The van der Waals surface area contributed by atoms with Gasteiger partial charge in [0.15, 0.2) is 5.78 Å². The highest BCUT2D eigenvalue weighted by Crippen LogP contribution is 2.46. The van der Waals surface area contributed by atoms with Crippen molar-refractivity contribution in [3.05, 3.63) is 56.6 Å². The minimum Gasteiger partial charge on any atom is -0.360 e. The van der Waals surface area contributed by atoms with Crippen molar-refractivity contribution in [2.24, 2.45) is 0 Å². The summed E-state index contributed by atoms with van der Waals surface area (Å²) in [5.41, 5.74) is 3.84. The van der Waals surface area contributed by atoms with Crippen LogP contribution in [0.4, 0.5) is 4.39 Å². The molecule has 2 heterocycles. The van der Waals surface area contributed by atoms with Gasteiger partial charge < -0.3 is 15.1 Å². The summed E-state index contributed by atoms with van der Waals surface area (Å²) in [6.45, 7) is 1.91. The predicted molar refractivity (Wildman–Crippen MR) is 103 cm³/mol.